The summed E-state index contributed by atoms with van der Waals surface area (Å²) in [6.07, 6.45) is 7.75. The Morgan fingerprint density at radius 2 is 1.60 bits per heavy atom. The predicted octanol–water partition coefficient (Wildman–Crippen LogP) is 4.26. The number of nitrogens with one attached hydrogen (secondary N) is 2. The number of allylic oxidation sites excluding steroid dienone is 1. The second kappa shape index (κ2) is 20.7. The van der Waals surface area contributed by atoms with Gasteiger partial charge in [-0.3, -0.25) is 4.90 Å². The van der Waals surface area contributed by atoms with Gasteiger partial charge in [0.1, 0.15) is 5.82 Å². The number of carbonyl (C=O) groups is 3. The number of benzene rings is 2. The number of hydrogen-bond donors (Lipinski definition) is 3. The summed E-state index contributed by atoms with van der Waals surface area (Å²) in [6.45, 7) is 11.0. The summed E-state index contributed by atoms with van der Waals surface area (Å²) >= 11 is -2.23. The Morgan fingerprint density at radius 3 is 2.37 bits per heavy atom. The second-order valence-corrected chi connectivity index (χ2v) is 23.2. The smallest absolute Gasteiger partial charge is 0.166 e. The predicted molar refractivity (Wildman–Crippen MR) is 245 cm³/mol. The second-order valence-electron chi connectivity index (χ2n) is 17.2. The summed E-state index contributed by atoms with van der Waals surface area (Å²) in [5, 5.41) is 20.3. The van der Waals surface area contributed by atoms with Crippen LogP contribution in [0.3, 0.4) is 0 Å². The SMILES string of the molecule is Cc1nn2c(N3CCN(CCO)CC3)cc(-c3cccc(CCCCCCCN4CCN(C(=O)CNC5=[CH][In]([CH3])[N]=C5C5CCC(=O)NC5=O)CC4)c3)nc2c1-c1ccccc1. The van der Waals surface area contributed by atoms with Crippen LogP contribution in [0.25, 0.3) is 28.0 Å². The largest absolute Gasteiger partial charge is 0.228 e. The van der Waals surface area contributed by atoms with Crippen molar-refractivity contribution in [1.82, 2.24) is 39.9 Å². The number of nitrogens with zero attached hydrogens (tertiary/aromatic N) is 8. The van der Waals surface area contributed by atoms with Crippen LogP contribution in [0, 0.1) is 12.8 Å². The summed E-state index contributed by atoms with van der Waals surface area (Å²) in [5.41, 5.74) is 9.00. The maximum Gasteiger partial charge on any atom is 0.166 e. The number of piperidine rings is 1. The van der Waals surface area contributed by atoms with Gasteiger partial charge in [0, 0.05) is 49.9 Å². The number of piperazine rings is 2. The number of rotatable bonds is 17. The molecule has 14 nitrogen and oxygen atoms in total. The van der Waals surface area contributed by atoms with E-state index in [9.17, 15) is 19.5 Å². The monoisotopic (exact) mass is 944 g/mol. The van der Waals surface area contributed by atoms with Gasteiger partial charge in [-0.1, -0.05) is 61.4 Å². The number of aromatic nitrogens is 3. The van der Waals surface area contributed by atoms with Gasteiger partial charge >= 0.3 is 168 Å². The fourth-order valence-electron chi connectivity index (χ4n) is 9.38. The molecule has 1 unspecified atom stereocenters. The average Bonchev–Trinajstić information content (AvgIpc) is 3.83. The van der Waals surface area contributed by atoms with Gasteiger partial charge < -0.3 is 10.0 Å². The summed E-state index contributed by atoms with van der Waals surface area (Å²) in [7, 11) is 0. The van der Waals surface area contributed by atoms with Gasteiger partial charge in [-0.05, 0) is 37.0 Å². The minimum atomic E-state index is -2.23. The summed E-state index contributed by atoms with van der Waals surface area (Å²) < 4.78 is 11.2. The number of fused-ring (bicyclic) bond motifs is 1. The molecule has 62 heavy (non-hydrogen) atoms. The number of hydrogen-bond acceptors (Lipinski definition) is 11. The maximum absolute atomic E-state index is 13.2. The van der Waals surface area contributed by atoms with E-state index < -0.39 is 27.6 Å². The number of β-amino-alcohol motifs (C(OH)–C–C–N with tert-alkyl or cyclic N) is 1. The zero-order chi connectivity index (χ0) is 43.0. The van der Waals surface area contributed by atoms with Crippen molar-refractivity contribution in [3.8, 4) is 22.4 Å². The molecular formula is C47H61InN10O4. The van der Waals surface area contributed by atoms with E-state index in [1.807, 2.05) is 15.5 Å². The van der Waals surface area contributed by atoms with Gasteiger partial charge in [0.15, 0.2) is 5.65 Å². The van der Waals surface area contributed by atoms with Crippen LogP contribution in [0.5, 0.6) is 0 Å². The minimum Gasteiger partial charge on any atom is -0.228 e. The molecule has 4 aromatic rings. The van der Waals surface area contributed by atoms with Crippen LogP contribution >= 0.6 is 0 Å². The number of carbonyl (C=O) groups excluding carboxylic acids is 3. The normalized spacial score (nSPS) is 19.0. The number of aliphatic hydroxyl groups excluding tert-OH is 1. The number of unbranched alkanes of at least 4 members (excludes halogenated alkanes) is 4. The van der Waals surface area contributed by atoms with Crippen LogP contribution in [-0.2, 0) is 20.8 Å². The molecule has 3 saturated heterocycles. The average molecular weight is 945 g/mol. The first kappa shape index (κ1) is 44.1. The van der Waals surface area contributed by atoms with E-state index in [1.165, 1.54) is 24.8 Å². The van der Waals surface area contributed by atoms with Crippen molar-refractivity contribution in [3.05, 3.63) is 81.5 Å². The molecule has 3 fully saturated rings. The molecule has 6 heterocycles. The topological polar surface area (TPSA) is 151 Å². The van der Waals surface area contributed by atoms with Crippen LogP contribution in [-0.4, -0.2) is 158 Å². The van der Waals surface area contributed by atoms with Gasteiger partial charge in [-0.15, -0.1) is 0 Å². The van der Waals surface area contributed by atoms with Gasteiger partial charge in [0.2, 0.25) is 0 Å². The standard InChI is InChI=1S/C46H58N10O4.CH3.In/c1-33-43(36-14-8-6-9-15-36)45-49-39(31-41(56(45)51-33)54-24-20-53(21-25-54)28-29-57)37-16-11-13-35(30-37)12-7-4-3-5-10-19-52-22-26-55(27-23-52)42(59)32-48-34(2)44(47)38-17-18-40(58)50-46(38)60;;/h2,6,8-9,11,13-16,30-31,38,48,57H,3-5,7,10,12,17-29,32H2,1H3,(H,50,58,60);1H3;/q-1;;+1. The number of imide groups is 1. The fraction of sp³-hybridized carbons (Fsp3) is 0.489. The molecule has 8 rings (SSSR count). The Morgan fingerprint density at radius 1 is 0.871 bits per heavy atom. The quantitative estimate of drug-likeness (QED) is 0.104. The van der Waals surface area contributed by atoms with Crippen molar-refractivity contribution in [1.29, 1.82) is 0 Å². The van der Waals surface area contributed by atoms with Gasteiger partial charge in [-0.25, -0.2) is 4.98 Å². The Kier molecular flexibility index (Phi) is 14.7. The summed E-state index contributed by atoms with van der Waals surface area (Å²) in [4.78, 5) is 51.8. The van der Waals surface area contributed by atoms with E-state index in [-0.39, 0.29) is 30.9 Å². The van der Waals surface area contributed by atoms with Crippen molar-refractivity contribution in [3.63, 3.8) is 0 Å². The molecule has 2 aromatic carbocycles. The Balaban J connectivity index is 0.786. The van der Waals surface area contributed by atoms with Crippen molar-refractivity contribution in [2.75, 3.05) is 83.5 Å². The minimum absolute atomic E-state index is 0.0747. The number of amides is 3. The third-order valence-electron chi connectivity index (χ3n) is 12.8. The van der Waals surface area contributed by atoms with E-state index in [1.54, 1.807) is 0 Å². The van der Waals surface area contributed by atoms with Crippen LogP contribution in [0.15, 0.2) is 73.2 Å². The fourth-order valence-corrected chi connectivity index (χ4v) is 14.0. The molecule has 2 aromatic heterocycles. The molecule has 0 aliphatic carbocycles. The zero-order valence-electron chi connectivity index (χ0n) is 36.4. The van der Waals surface area contributed by atoms with E-state index in [0.29, 0.717) is 19.4 Å². The van der Waals surface area contributed by atoms with Crippen molar-refractivity contribution >= 4 is 56.6 Å². The molecule has 3 amide bonds. The molecule has 0 saturated carbocycles. The molecule has 3 N–H and O–H groups in total. The third kappa shape index (κ3) is 10.6. The van der Waals surface area contributed by atoms with E-state index in [2.05, 4.69) is 95.4 Å². The zero-order valence-corrected chi connectivity index (χ0v) is 39.7. The number of anilines is 1. The maximum atomic E-state index is 13.2. The Labute approximate surface area is 373 Å². The molecule has 15 heteroatoms. The molecule has 326 valence electrons. The van der Waals surface area contributed by atoms with Crippen molar-refractivity contribution < 1.29 is 19.5 Å². The first-order valence-electron chi connectivity index (χ1n) is 22.7. The number of aliphatic hydroxyl groups is 1. The molecule has 0 bridgehead atoms. The first-order chi connectivity index (χ1) is 30.2. The van der Waals surface area contributed by atoms with E-state index in [0.717, 1.165) is 129 Å². The molecule has 0 spiro atoms. The third-order valence-corrected chi connectivity index (χ3v) is 17.1. The molecule has 0 radical (unpaired) electrons. The number of aryl methyl sites for hydroxylation is 2. The van der Waals surface area contributed by atoms with Crippen molar-refractivity contribution in [2.45, 2.75) is 63.0 Å². The van der Waals surface area contributed by atoms with Crippen molar-refractivity contribution in [2.24, 2.45) is 8.90 Å². The van der Waals surface area contributed by atoms with Gasteiger partial charge in [0.25, 0.3) is 0 Å². The molecular weight excluding hydrogens is 883 g/mol. The van der Waals surface area contributed by atoms with Crippen LogP contribution < -0.4 is 15.5 Å². The van der Waals surface area contributed by atoms with Crippen LogP contribution in [0.1, 0.15) is 56.2 Å². The summed E-state index contributed by atoms with van der Waals surface area (Å²) in [5.74, 6) is 0.209. The summed E-state index contributed by atoms with van der Waals surface area (Å²) in [6, 6.07) is 21.6. The van der Waals surface area contributed by atoms with Gasteiger partial charge in [-0.2, -0.15) is 9.61 Å². The van der Waals surface area contributed by atoms with Gasteiger partial charge in [0.05, 0.1) is 18.0 Å². The molecule has 1 atom stereocenters. The Hall–Kier alpha value is -4.57. The first-order valence-corrected chi connectivity index (χ1v) is 29.4. The Bertz CT molecular complexity index is 2280. The van der Waals surface area contributed by atoms with Crippen LogP contribution in [0.2, 0.25) is 4.68 Å². The molecule has 4 aliphatic rings. The van der Waals surface area contributed by atoms with E-state index in [4.69, 9.17) is 13.1 Å². The van der Waals surface area contributed by atoms with Crippen LogP contribution in [0.4, 0.5) is 5.82 Å². The van der Waals surface area contributed by atoms with E-state index >= 15 is 0 Å². The molecule has 4 aliphatic heterocycles.